The van der Waals surface area contributed by atoms with Gasteiger partial charge in [-0.15, -0.1) is 11.3 Å². The Bertz CT molecular complexity index is 2040. The zero-order valence-electron chi connectivity index (χ0n) is 25.7. The van der Waals surface area contributed by atoms with Crippen LogP contribution in [0.1, 0.15) is 18.1 Å². The molecule has 2 heterocycles. The standard InChI is InChI=1S/C33H31F4N5O4S/c1-4-38-32(44)39-21-11-8-19(9-12-21)29-23(17-40(2)14-15-46-3)28-30(43)42(27-13-10-20(34)16-26(27)37)33(45)41(31(28)47-29)18-22-24(35)6-5-7-25(22)36/h5-13,16H,4,14-15,17-18H2,1-3H3,(H2,38,39,44). The van der Waals surface area contributed by atoms with E-state index in [1.54, 1.807) is 45.3 Å². The number of carbonyl (C=O) groups excluding carboxylic acids is 1. The van der Waals surface area contributed by atoms with E-state index in [2.05, 4.69) is 10.6 Å². The maximum atomic E-state index is 15.2. The Balaban J connectivity index is 1.81. The molecule has 0 saturated carbocycles. The van der Waals surface area contributed by atoms with Gasteiger partial charge in [0.2, 0.25) is 0 Å². The van der Waals surface area contributed by atoms with E-state index in [0.717, 1.165) is 40.2 Å². The third-order valence-corrected chi connectivity index (χ3v) is 8.75. The van der Waals surface area contributed by atoms with E-state index in [4.69, 9.17) is 4.74 Å². The molecule has 5 aromatic rings. The first kappa shape index (κ1) is 33.6. The number of rotatable bonds is 11. The molecule has 2 amide bonds. The summed E-state index contributed by atoms with van der Waals surface area (Å²) < 4.78 is 65.7. The molecule has 3 aromatic carbocycles. The highest BCUT2D eigenvalue weighted by atomic mass is 32.1. The van der Waals surface area contributed by atoms with E-state index in [-0.39, 0.29) is 22.8 Å². The fourth-order valence-electron chi connectivity index (χ4n) is 5.15. The molecular formula is C33H31F4N5O4S. The van der Waals surface area contributed by atoms with Crippen LogP contribution in [0.5, 0.6) is 0 Å². The second kappa shape index (κ2) is 14.3. The van der Waals surface area contributed by atoms with Crippen LogP contribution in [0, 0.1) is 23.3 Å². The number of hydrogen-bond acceptors (Lipinski definition) is 6. The smallest absolute Gasteiger partial charge is 0.337 e. The van der Waals surface area contributed by atoms with Gasteiger partial charge in [-0.05, 0) is 61.5 Å². The van der Waals surface area contributed by atoms with Crippen LogP contribution in [-0.4, -0.2) is 53.9 Å². The molecule has 0 atom stereocenters. The molecule has 47 heavy (non-hydrogen) atoms. The van der Waals surface area contributed by atoms with Crippen molar-refractivity contribution in [1.29, 1.82) is 0 Å². The lowest BCUT2D eigenvalue weighted by Crippen LogP contribution is -2.39. The van der Waals surface area contributed by atoms with Crippen molar-refractivity contribution in [3.05, 3.63) is 116 Å². The molecule has 0 fully saturated rings. The quantitative estimate of drug-likeness (QED) is 0.176. The van der Waals surface area contributed by atoms with Gasteiger partial charge in [0.05, 0.1) is 24.2 Å². The van der Waals surface area contributed by atoms with E-state index in [1.807, 2.05) is 4.90 Å². The first-order valence-electron chi connectivity index (χ1n) is 14.6. The number of carbonyl (C=O) groups is 1. The molecule has 0 radical (unpaired) electrons. The fourth-order valence-corrected chi connectivity index (χ4v) is 6.45. The average molecular weight is 670 g/mol. The summed E-state index contributed by atoms with van der Waals surface area (Å²) in [6, 6.07) is 12.1. The summed E-state index contributed by atoms with van der Waals surface area (Å²) in [4.78, 5) is 42.9. The van der Waals surface area contributed by atoms with Crippen molar-refractivity contribution in [3.8, 4) is 16.1 Å². The molecule has 0 spiro atoms. The van der Waals surface area contributed by atoms with E-state index in [9.17, 15) is 27.6 Å². The van der Waals surface area contributed by atoms with Crippen molar-refractivity contribution in [2.24, 2.45) is 0 Å². The number of methoxy groups -OCH3 is 1. The second-order valence-electron chi connectivity index (χ2n) is 10.7. The molecule has 2 N–H and O–H groups in total. The Morgan fingerprint density at radius 3 is 2.30 bits per heavy atom. The number of anilines is 1. The number of aromatic nitrogens is 2. The zero-order valence-corrected chi connectivity index (χ0v) is 26.5. The van der Waals surface area contributed by atoms with Crippen molar-refractivity contribution < 1.29 is 27.1 Å². The van der Waals surface area contributed by atoms with Crippen LogP contribution in [0.25, 0.3) is 26.3 Å². The molecular weight excluding hydrogens is 638 g/mol. The Kier molecular flexibility index (Phi) is 10.2. The minimum atomic E-state index is -1.17. The first-order chi connectivity index (χ1) is 22.5. The van der Waals surface area contributed by atoms with E-state index < -0.39 is 52.3 Å². The first-order valence-corrected chi connectivity index (χ1v) is 15.4. The molecule has 0 unspecified atom stereocenters. The molecule has 9 nitrogen and oxygen atoms in total. The molecule has 246 valence electrons. The van der Waals surface area contributed by atoms with Crippen LogP contribution in [0.15, 0.2) is 70.3 Å². The predicted molar refractivity (Wildman–Crippen MR) is 173 cm³/mol. The van der Waals surface area contributed by atoms with Gasteiger partial charge < -0.3 is 15.4 Å². The lowest BCUT2D eigenvalue weighted by atomic mass is 10.1. The SMILES string of the molecule is CCNC(=O)Nc1ccc(-c2sc3c(c2CN(C)CCOC)c(=O)n(-c2ccc(F)cc2F)c(=O)n3Cc2c(F)cccc2F)cc1. The Hall–Kier alpha value is -4.79. The number of hydrogen-bond donors (Lipinski definition) is 2. The van der Waals surface area contributed by atoms with Gasteiger partial charge >= 0.3 is 11.7 Å². The molecule has 5 rings (SSSR count). The number of nitrogens with one attached hydrogen (secondary N) is 2. The van der Waals surface area contributed by atoms with Gasteiger partial charge in [-0.1, -0.05) is 18.2 Å². The number of fused-ring (bicyclic) bond motifs is 1. The molecule has 2 aromatic heterocycles. The third kappa shape index (κ3) is 6.99. The Morgan fingerprint density at radius 1 is 0.957 bits per heavy atom. The lowest BCUT2D eigenvalue weighted by molar-refractivity contribution is 0.159. The van der Waals surface area contributed by atoms with Crippen LogP contribution in [0.2, 0.25) is 0 Å². The number of halogens is 4. The molecule has 14 heteroatoms. The monoisotopic (exact) mass is 669 g/mol. The topological polar surface area (TPSA) is 97.6 Å². The van der Waals surface area contributed by atoms with Crippen LogP contribution in [0.4, 0.5) is 28.0 Å². The maximum Gasteiger partial charge on any atom is 0.337 e. The van der Waals surface area contributed by atoms with Gasteiger partial charge in [0.1, 0.15) is 28.1 Å². The lowest BCUT2D eigenvalue weighted by Gasteiger charge is -2.18. The van der Waals surface area contributed by atoms with Crippen molar-refractivity contribution in [3.63, 3.8) is 0 Å². The van der Waals surface area contributed by atoms with Crippen molar-refractivity contribution in [2.45, 2.75) is 20.0 Å². The summed E-state index contributed by atoms with van der Waals surface area (Å²) in [5.41, 5.74) is -1.30. The molecule has 0 saturated heterocycles. The number of benzene rings is 3. The van der Waals surface area contributed by atoms with Crippen molar-refractivity contribution >= 4 is 33.3 Å². The summed E-state index contributed by atoms with van der Waals surface area (Å²) in [5, 5.41) is 5.39. The Morgan fingerprint density at radius 2 is 1.66 bits per heavy atom. The summed E-state index contributed by atoms with van der Waals surface area (Å²) in [5.74, 6) is -3.92. The molecule has 0 bridgehead atoms. The van der Waals surface area contributed by atoms with Crippen molar-refractivity contribution in [2.75, 3.05) is 39.2 Å². The van der Waals surface area contributed by atoms with Gasteiger partial charge in [-0.3, -0.25) is 14.3 Å². The number of likely N-dealkylation sites (N-methyl/N-ethyl adjacent to an activating group) is 1. The zero-order chi connectivity index (χ0) is 33.8. The minimum Gasteiger partial charge on any atom is -0.383 e. The molecule has 0 aliphatic carbocycles. The maximum absolute atomic E-state index is 15.2. The van der Waals surface area contributed by atoms with Gasteiger partial charge in [-0.2, -0.15) is 0 Å². The summed E-state index contributed by atoms with van der Waals surface area (Å²) in [7, 11) is 3.35. The highest BCUT2D eigenvalue weighted by molar-refractivity contribution is 7.22. The van der Waals surface area contributed by atoms with Gasteiger partial charge in [0, 0.05) is 48.9 Å². The highest BCUT2D eigenvalue weighted by Gasteiger charge is 2.26. The number of ether oxygens (including phenoxy) is 1. The molecule has 0 aliphatic rings. The van der Waals surface area contributed by atoms with Crippen LogP contribution in [-0.2, 0) is 17.8 Å². The van der Waals surface area contributed by atoms with E-state index in [1.165, 1.54) is 6.07 Å². The number of amides is 2. The second-order valence-corrected chi connectivity index (χ2v) is 11.7. The summed E-state index contributed by atoms with van der Waals surface area (Å²) in [6.45, 7) is 2.60. The largest absolute Gasteiger partial charge is 0.383 e. The minimum absolute atomic E-state index is 0.0267. The van der Waals surface area contributed by atoms with Crippen LogP contribution < -0.4 is 21.9 Å². The molecule has 0 aliphatic heterocycles. The predicted octanol–water partition coefficient (Wildman–Crippen LogP) is 5.71. The van der Waals surface area contributed by atoms with Gasteiger partial charge in [0.25, 0.3) is 5.56 Å². The van der Waals surface area contributed by atoms with Crippen LogP contribution in [0.3, 0.4) is 0 Å². The number of thiophene rings is 1. The van der Waals surface area contributed by atoms with Gasteiger partial charge in [-0.25, -0.2) is 31.7 Å². The third-order valence-electron chi connectivity index (χ3n) is 7.45. The summed E-state index contributed by atoms with van der Waals surface area (Å²) >= 11 is 1.06. The normalized spacial score (nSPS) is 11.4. The number of urea groups is 1. The van der Waals surface area contributed by atoms with Crippen LogP contribution >= 0.6 is 11.3 Å². The average Bonchev–Trinajstić information content (AvgIpc) is 3.39. The summed E-state index contributed by atoms with van der Waals surface area (Å²) in [6.07, 6.45) is 0. The highest BCUT2D eigenvalue weighted by Crippen LogP contribution is 2.38. The fraction of sp³-hybridized carbons (Fsp3) is 0.242. The Labute approximate surface area is 270 Å². The van der Waals surface area contributed by atoms with E-state index >= 15 is 4.39 Å². The van der Waals surface area contributed by atoms with E-state index in [0.29, 0.717) is 52.0 Å². The van der Waals surface area contributed by atoms with Crippen molar-refractivity contribution in [1.82, 2.24) is 19.4 Å². The van der Waals surface area contributed by atoms with Gasteiger partial charge in [0.15, 0.2) is 0 Å². The number of nitrogens with zero attached hydrogens (tertiary/aromatic N) is 3.